The van der Waals surface area contributed by atoms with Crippen LogP contribution in [0.3, 0.4) is 0 Å². The van der Waals surface area contributed by atoms with E-state index in [0.29, 0.717) is 13.0 Å². The van der Waals surface area contributed by atoms with Crippen LogP contribution in [0.2, 0.25) is 0 Å². The van der Waals surface area contributed by atoms with Gasteiger partial charge in [0.25, 0.3) is 0 Å². The standard InChI is InChI=1S/C14H22N4O/c1-3-4-5-7-15-13-9-14(17-11(2)16-13)18-8-6-12(19)10-18/h9H,3-8,10H2,1-2H3,(H,15,16,17). The highest BCUT2D eigenvalue weighted by Crippen LogP contribution is 2.19. The van der Waals surface area contributed by atoms with Gasteiger partial charge >= 0.3 is 0 Å². The zero-order valence-electron chi connectivity index (χ0n) is 11.8. The summed E-state index contributed by atoms with van der Waals surface area (Å²) in [6, 6.07) is 1.94. The molecule has 1 aromatic rings. The van der Waals surface area contributed by atoms with Gasteiger partial charge in [0, 0.05) is 25.6 Å². The van der Waals surface area contributed by atoms with Crippen molar-refractivity contribution in [2.24, 2.45) is 0 Å². The van der Waals surface area contributed by atoms with Crippen molar-refractivity contribution in [3.63, 3.8) is 0 Å². The molecule has 0 radical (unpaired) electrons. The molecule has 0 bridgehead atoms. The van der Waals surface area contributed by atoms with Crippen molar-refractivity contribution in [1.29, 1.82) is 0 Å². The van der Waals surface area contributed by atoms with Crippen molar-refractivity contribution in [2.45, 2.75) is 39.5 Å². The van der Waals surface area contributed by atoms with Crippen molar-refractivity contribution in [1.82, 2.24) is 9.97 Å². The molecule has 19 heavy (non-hydrogen) atoms. The van der Waals surface area contributed by atoms with Crippen molar-refractivity contribution in [2.75, 3.05) is 29.9 Å². The maximum Gasteiger partial charge on any atom is 0.153 e. The minimum atomic E-state index is 0.286. The number of aryl methyl sites for hydroxylation is 1. The van der Waals surface area contributed by atoms with Gasteiger partial charge in [-0.2, -0.15) is 0 Å². The van der Waals surface area contributed by atoms with Gasteiger partial charge < -0.3 is 10.2 Å². The lowest BCUT2D eigenvalue weighted by Gasteiger charge is -2.17. The predicted octanol–water partition coefficient (Wildman–Crippen LogP) is 2.17. The maximum absolute atomic E-state index is 11.3. The molecule has 0 atom stereocenters. The Labute approximate surface area is 114 Å². The minimum absolute atomic E-state index is 0.286. The maximum atomic E-state index is 11.3. The van der Waals surface area contributed by atoms with Gasteiger partial charge in [-0.15, -0.1) is 0 Å². The number of hydrogen-bond acceptors (Lipinski definition) is 5. The molecule has 5 heteroatoms. The minimum Gasteiger partial charge on any atom is -0.370 e. The highest BCUT2D eigenvalue weighted by atomic mass is 16.1. The Kier molecular flexibility index (Phi) is 4.71. The number of hydrogen-bond donors (Lipinski definition) is 1. The fourth-order valence-electron chi connectivity index (χ4n) is 2.22. The predicted molar refractivity (Wildman–Crippen MR) is 76.6 cm³/mol. The molecule has 0 spiro atoms. The fourth-order valence-corrected chi connectivity index (χ4v) is 2.22. The van der Waals surface area contributed by atoms with Crippen LogP contribution < -0.4 is 10.2 Å². The quantitative estimate of drug-likeness (QED) is 0.796. The van der Waals surface area contributed by atoms with Gasteiger partial charge in [0.05, 0.1) is 6.54 Å². The average molecular weight is 262 g/mol. The lowest BCUT2D eigenvalue weighted by atomic mass is 10.2. The molecule has 0 aromatic carbocycles. The molecule has 5 nitrogen and oxygen atoms in total. The zero-order valence-corrected chi connectivity index (χ0v) is 11.8. The van der Waals surface area contributed by atoms with E-state index in [0.717, 1.165) is 37.0 Å². The van der Waals surface area contributed by atoms with E-state index in [2.05, 4.69) is 22.2 Å². The van der Waals surface area contributed by atoms with Gasteiger partial charge in [-0.25, -0.2) is 9.97 Å². The lowest BCUT2D eigenvalue weighted by Crippen LogP contribution is -2.21. The zero-order chi connectivity index (χ0) is 13.7. The van der Waals surface area contributed by atoms with E-state index >= 15 is 0 Å². The Morgan fingerprint density at radius 1 is 1.37 bits per heavy atom. The monoisotopic (exact) mass is 262 g/mol. The number of carbonyl (C=O) groups is 1. The van der Waals surface area contributed by atoms with E-state index < -0.39 is 0 Å². The average Bonchev–Trinajstić information content (AvgIpc) is 2.81. The van der Waals surface area contributed by atoms with Crippen LogP contribution >= 0.6 is 0 Å². The highest BCUT2D eigenvalue weighted by molar-refractivity contribution is 5.86. The second-order valence-electron chi connectivity index (χ2n) is 5.00. The van der Waals surface area contributed by atoms with E-state index in [-0.39, 0.29) is 5.78 Å². The number of Topliss-reactive ketones (excluding diaryl/α,β-unsaturated/α-hetero) is 1. The molecule has 0 amide bonds. The summed E-state index contributed by atoms with van der Waals surface area (Å²) in [5.74, 6) is 2.75. The van der Waals surface area contributed by atoms with Crippen LogP contribution in [-0.2, 0) is 4.79 Å². The van der Waals surface area contributed by atoms with Gasteiger partial charge in [-0.1, -0.05) is 19.8 Å². The van der Waals surface area contributed by atoms with Gasteiger partial charge in [-0.05, 0) is 13.3 Å². The van der Waals surface area contributed by atoms with Gasteiger partial charge in [0.2, 0.25) is 0 Å². The molecule has 1 N–H and O–H groups in total. The number of nitrogens with one attached hydrogen (secondary N) is 1. The first-order chi connectivity index (χ1) is 9.19. The molecule has 1 aromatic heterocycles. The van der Waals surface area contributed by atoms with Gasteiger partial charge in [0.1, 0.15) is 17.5 Å². The summed E-state index contributed by atoms with van der Waals surface area (Å²) in [4.78, 5) is 22.2. The van der Waals surface area contributed by atoms with Crippen LogP contribution in [0.15, 0.2) is 6.07 Å². The summed E-state index contributed by atoms with van der Waals surface area (Å²) in [6.45, 7) is 6.26. The van der Waals surface area contributed by atoms with Crippen molar-refractivity contribution in [3.8, 4) is 0 Å². The van der Waals surface area contributed by atoms with E-state index in [1.807, 2.05) is 17.9 Å². The number of nitrogens with zero attached hydrogens (tertiary/aromatic N) is 3. The first-order valence-corrected chi connectivity index (χ1v) is 7.05. The van der Waals surface area contributed by atoms with Crippen molar-refractivity contribution < 1.29 is 4.79 Å². The summed E-state index contributed by atoms with van der Waals surface area (Å²) < 4.78 is 0. The number of ketones is 1. The van der Waals surface area contributed by atoms with E-state index in [1.54, 1.807) is 0 Å². The lowest BCUT2D eigenvalue weighted by molar-refractivity contribution is -0.116. The smallest absolute Gasteiger partial charge is 0.153 e. The van der Waals surface area contributed by atoms with E-state index in [1.165, 1.54) is 12.8 Å². The summed E-state index contributed by atoms with van der Waals surface area (Å²) in [5.41, 5.74) is 0. The van der Waals surface area contributed by atoms with Crippen LogP contribution in [0.5, 0.6) is 0 Å². The molecule has 104 valence electrons. The fraction of sp³-hybridized carbons (Fsp3) is 0.643. The highest BCUT2D eigenvalue weighted by Gasteiger charge is 2.21. The third-order valence-electron chi connectivity index (χ3n) is 3.26. The Bertz CT molecular complexity index is 447. The van der Waals surface area contributed by atoms with Gasteiger partial charge in [-0.3, -0.25) is 4.79 Å². The molecule has 2 rings (SSSR count). The summed E-state index contributed by atoms with van der Waals surface area (Å²) in [6.07, 6.45) is 4.22. The van der Waals surface area contributed by atoms with Crippen LogP contribution in [0.25, 0.3) is 0 Å². The molecule has 1 saturated heterocycles. The topological polar surface area (TPSA) is 58.1 Å². The Morgan fingerprint density at radius 2 is 2.21 bits per heavy atom. The summed E-state index contributed by atoms with van der Waals surface area (Å²) in [7, 11) is 0. The summed E-state index contributed by atoms with van der Waals surface area (Å²) in [5, 5.41) is 3.33. The third-order valence-corrected chi connectivity index (χ3v) is 3.26. The largest absolute Gasteiger partial charge is 0.370 e. The van der Waals surface area contributed by atoms with E-state index in [4.69, 9.17) is 0 Å². The van der Waals surface area contributed by atoms with Crippen molar-refractivity contribution in [3.05, 3.63) is 11.9 Å². The summed E-state index contributed by atoms with van der Waals surface area (Å²) >= 11 is 0. The molecule has 1 fully saturated rings. The SMILES string of the molecule is CCCCCNc1cc(N2CCC(=O)C2)nc(C)n1. The normalized spacial score (nSPS) is 15.1. The Balaban J connectivity index is 2.00. The molecule has 1 aliphatic rings. The Hall–Kier alpha value is -1.65. The second-order valence-corrected chi connectivity index (χ2v) is 5.00. The third kappa shape index (κ3) is 3.91. The van der Waals surface area contributed by atoms with Crippen molar-refractivity contribution >= 4 is 17.4 Å². The van der Waals surface area contributed by atoms with E-state index in [9.17, 15) is 4.79 Å². The molecule has 0 aliphatic carbocycles. The van der Waals surface area contributed by atoms with Crippen LogP contribution in [-0.4, -0.2) is 35.4 Å². The molecular weight excluding hydrogens is 240 g/mol. The molecule has 2 heterocycles. The molecule has 0 unspecified atom stereocenters. The van der Waals surface area contributed by atoms with Gasteiger partial charge in [0.15, 0.2) is 5.78 Å². The van der Waals surface area contributed by atoms with Crippen LogP contribution in [0, 0.1) is 6.92 Å². The molecular formula is C14H22N4O. The molecule has 1 aliphatic heterocycles. The first kappa shape index (κ1) is 13.8. The number of anilines is 2. The second kappa shape index (κ2) is 6.50. The number of carbonyl (C=O) groups excluding carboxylic acids is 1. The van der Waals surface area contributed by atoms with Crippen LogP contribution in [0.4, 0.5) is 11.6 Å². The van der Waals surface area contributed by atoms with Crippen LogP contribution in [0.1, 0.15) is 38.4 Å². The number of rotatable bonds is 6. The first-order valence-electron chi connectivity index (χ1n) is 7.05. The number of aromatic nitrogens is 2. The number of unbranched alkanes of at least 4 members (excludes halogenated alkanes) is 2. The molecule has 0 saturated carbocycles. The Morgan fingerprint density at radius 3 is 2.89 bits per heavy atom.